The Morgan fingerprint density at radius 1 is 0.960 bits per heavy atom. The number of aromatic nitrogens is 2. The van der Waals surface area contributed by atoms with Crippen LogP contribution in [-0.4, -0.2) is 20.9 Å². The molecule has 1 N–H and O–H groups in total. The number of aromatic carboxylic acids is 1. The molecule has 1 heterocycles. The molecule has 4 rings (SSSR count). The van der Waals surface area contributed by atoms with Crippen molar-refractivity contribution in [1.82, 2.24) is 9.78 Å². The molecule has 4 nitrogen and oxygen atoms in total. The number of fused-ring (bicyclic) bond motifs is 1. The van der Waals surface area contributed by atoms with Gasteiger partial charge in [0.25, 0.3) is 0 Å². The molecule has 0 unspecified atom stereocenters. The van der Waals surface area contributed by atoms with Crippen LogP contribution in [0.2, 0.25) is 0 Å². The van der Waals surface area contributed by atoms with E-state index in [2.05, 4.69) is 5.10 Å². The van der Waals surface area contributed by atoms with Crippen LogP contribution in [0.1, 0.15) is 15.9 Å². The first kappa shape index (κ1) is 15.1. The first-order valence-electron chi connectivity index (χ1n) is 8.00. The number of hydrogen-bond donors (Lipinski definition) is 1. The fourth-order valence-corrected chi connectivity index (χ4v) is 2.95. The van der Waals surface area contributed by atoms with Crippen LogP contribution in [-0.2, 0) is 0 Å². The largest absolute Gasteiger partial charge is 0.478 e. The molecule has 0 bridgehead atoms. The van der Waals surface area contributed by atoms with Crippen LogP contribution in [0.25, 0.3) is 27.7 Å². The van der Waals surface area contributed by atoms with Gasteiger partial charge in [0.05, 0.1) is 23.0 Å². The number of rotatable bonds is 3. The topological polar surface area (TPSA) is 55.1 Å². The molecule has 4 aromatic rings. The minimum Gasteiger partial charge on any atom is -0.478 e. The number of hydrogen-bond acceptors (Lipinski definition) is 2. The van der Waals surface area contributed by atoms with Crippen LogP contribution in [0, 0.1) is 6.92 Å². The molecule has 0 atom stereocenters. The molecule has 25 heavy (non-hydrogen) atoms. The molecule has 0 aliphatic heterocycles. The van der Waals surface area contributed by atoms with Crippen molar-refractivity contribution in [3.05, 3.63) is 84.1 Å². The van der Waals surface area contributed by atoms with E-state index in [0.29, 0.717) is 0 Å². The molecule has 122 valence electrons. The highest BCUT2D eigenvalue weighted by molar-refractivity contribution is 5.91. The second kappa shape index (κ2) is 5.91. The average Bonchev–Trinajstić information content (AvgIpc) is 3.06. The van der Waals surface area contributed by atoms with Crippen molar-refractivity contribution in [2.75, 3.05) is 0 Å². The third-order valence-electron chi connectivity index (χ3n) is 4.27. The molecule has 0 fully saturated rings. The van der Waals surface area contributed by atoms with Crippen LogP contribution >= 0.6 is 0 Å². The summed E-state index contributed by atoms with van der Waals surface area (Å²) in [5.74, 6) is -0.952. The summed E-state index contributed by atoms with van der Waals surface area (Å²) in [6.07, 6.45) is 1.79. The van der Waals surface area contributed by atoms with Crippen molar-refractivity contribution >= 4 is 16.9 Å². The number of para-hydroxylation sites is 1. The fourth-order valence-electron chi connectivity index (χ4n) is 2.95. The van der Waals surface area contributed by atoms with E-state index < -0.39 is 5.97 Å². The molecular formula is C21H16N2O2. The Bertz CT molecular complexity index is 1080. The van der Waals surface area contributed by atoms with Gasteiger partial charge in [0, 0.05) is 5.39 Å². The molecule has 0 amide bonds. The van der Waals surface area contributed by atoms with Crippen molar-refractivity contribution in [1.29, 1.82) is 0 Å². The molecule has 0 spiro atoms. The summed E-state index contributed by atoms with van der Waals surface area (Å²) in [6, 6.07) is 21.2. The Labute approximate surface area is 145 Å². The van der Waals surface area contributed by atoms with Crippen molar-refractivity contribution < 1.29 is 9.90 Å². The van der Waals surface area contributed by atoms with Gasteiger partial charge in [-0.05, 0) is 42.3 Å². The maximum atomic E-state index is 11.6. The zero-order valence-electron chi connectivity index (χ0n) is 13.7. The predicted molar refractivity (Wildman–Crippen MR) is 98.2 cm³/mol. The summed E-state index contributed by atoms with van der Waals surface area (Å²) in [4.78, 5) is 11.6. The van der Waals surface area contributed by atoms with E-state index in [4.69, 9.17) is 0 Å². The second-order valence-electron chi connectivity index (χ2n) is 6.05. The molecule has 0 saturated carbocycles. The molecular weight excluding hydrogens is 312 g/mol. The maximum absolute atomic E-state index is 11.6. The monoisotopic (exact) mass is 328 g/mol. The van der Waals surface area contributed by atoms with Gasteiger partial charge in [-0.25, -0.2) is 9.48 Å². The lowest BCUT2D eigenvalue weighted by Crippen LogP contribution is -2.02. The first-order chi connectivity index (χ1) is 12.1. The van der Waals surface area contributed by atoms with Gasteiger partial charge < -0.3 is 5.11 Å². The van der Waals surface area contributed by atoms with E-state index in [0.717, 1.165) is 33.3 Å². The van der Waals surface area contributed by atoms with E-state index in [1.54, 1.807) is 23.0 Å². The van der Waals surface area contributed by atoms with E-state index in [-0.39, 0.29) is 5.56 Å². The highest BCUT2D eigenvalue weighted by atomic mass is 16.4. The third kappa shape index (κ3) is 2.78. The van der Waals surface area contributed by atoms with Crippen molar-refractivity contribution in [2.24, 2.45) is 0 Å². The van der Waals surface area contributed by atoms with Gasteiger partial charge in [0.15, 0.2) is 0 Å². The molecule has 0 radical (unpaired) electrons. The quantitative estimate of drug-likeness (QED) is 0.593. The van der Waals surface area contributed by atoms with Gasteiger partial charge in [0.2, 0.25) is 0 Å². The lowest BCUT2D eigenvalue weighted by atomic mass is 10.0. The van der Waals surface area contributed by atoms with Gasteiger partial charge in [0.1, 0.15) is 0 Å². The summed E-state index contributed by atoms with van der Waals surface area (Å²) in [7, 11) is 0. The zero-order chi connectivity index (χ0) is 17.4. The summed E-state index contributed by atoms with van der Waals surface area (Å²) in [5.41, 5.74) is 4.92. The van der Waals surface area contributed by atoms with Crippen molar-refractivity contribution in [3.63, 3.8) is 0 Å². The second-order valence-corrected chi connectivity index (χ2v) is 6.05. The van der Waals surface area contributed by atoms with Gasteiger partial charge in [-0.15, -0.1) is 0 Å². The van der Waals surface area contributed by atoms with Gasteiger partial charge in [-0.2, -0.15) is 5.10 Å². The highest BCUT2D eigenvalue weighted by Crippen LogP contribution is 2.26. The van der Waals surface area contributed by atoms with Crippen LogP contribution in [0.4, 0.5) is 0 Å². The Morgan fingerprint density at radius 2 is 1.72 bits per heavy atom. The van der Waals surface area contributed by atoms with Crippen molar-refractivity contribution in [2.45, 2.75) is 6.92 Å². The Morgan fingerprint density at radius 3 is 2.48 bits per heavy atom. The van der Waals surface area contributed by atoms with Crippen molar-refractivity contribution in [3.8, 4) is 16.8 Å². The zero-order valence-corrected chi connectivity index (χ0v) is 13.7. The van der Waals surface area contributed by atoms with E-state index in [1.165, 1.54) is 0 Å². The van der Waals surface area contributed by atoms with Crippen LogP contribution in [0.5, 0.6) is 0 Å². The van der Waals surface area contributed by atoms with Gasteiger partial charge in [-0.1, -0.05) is 48.0 Å². The Balaban J connectivity index is 1.93. The first-order valence-corrected chi connectivity index (χ1v) is 8.00. The maximum Gasteiger partial charge on any atom is 0.335 e. The Hall–Kier alpha value is -3.40. The number of carboxylic acids is 1. The molecule has 3 aromatic carbocycles. The smallest absolute Gasteiger partial charge is 0.335 e. The molecule has 0 saturated heterocycles. The van der Waals surface area contributed by atoms with Gasteiger partial charge in [-0.3, -0.25) is 0 Å². The number of benzene rings is 3. The molecule has 0 aliphatic rings. The van der Waals surface area contributed by atoms with Crippen LogP contribution in [0.3, 0.4) is 0 Å². The minimum atomic E-state index is -0.952. The van der Waals surface area contributed by atoms with Crippen LogP contribution in [0.15, 0.2) is 72.9 Å². The number of carboxylic acid groups (broad SMARTS) is 1. The Kier molecular flexibility index (Phi) is 3.58. The molecule has 4 heteroatoms. The van der Waals surface area contributed by atoms with E-state index >= 15 is 0 Å². The summed E-state index contributed by atoms with van der Waals surface area (Å²) >= 11 is 0. The average molecular weight is 328 g/mol. The predicted octanol–water partition coefficient (Wildman–Crippen LogP) is 4.70. The lowest BCUT2D eigenvalue weighted by Gasteiger charge is -2.10. The van der Waals surface area contributed by atoms with E-state index in [1.807, 2.05) is 61.5 Å². The normalized spacial score (nSPS) is 10.9. The van der Waals surface area contributed by atoms with E-state index in [9.17, 15) is 9.90 Å². The number of nitrogens with zero attached hydrogens (tertiary/aromatic N) is 2. The third-order valence-corrected chi connectivity index (χ3v) is 4.27. The molecule has 0 aliphatic carbocycles. The van der Waals surface area contributed by atoms with Gasteiger partial charge >= 0.3 is 5.97 Å². The minimum absolute atomic E-state index is 0.243. The standard InChI is InChI=1S/C21H16N2O2/c1-14-6-8-15(9-7-14)17-10-18(21(24)25)12-19(11-17)23-20-5-3-2-4-16(20)13-22-23/h2-13H,1H3,(H,24,25). The summed E-state index contributed by atoms with van der Waals surface area (Å²) < 4.78 is 1.78. The SMILES string of the molecule is Cc1ccc(-c2cc(C(=O)O)cc(-n3ncc4ccccc43)c2)cc1. The molecule has 1 aromatic heterocycles. The lowest BCUT2D eigenvalue weighted by molar-refractivity contribution is 0.0697. The van der Waals surface area contributed by atoms with Crippen LogP contribution < -0.4 is 0 Å². The summed E-state index contributed by atoms with van der Waals surface area (Å²) in [6.45, 7) is 2.03. The fraction of sp³-hybridized carbons (Fsp3) is 0.0476. The summed E-state index contributed by atoms with van der Waals surface area (Å²) in [5, 5.41) is 15.0. The number of carbonyl (C=O) groups is 1. The highest BCUT2D eigenvalue weighted by Gasteiger charge is 2.12. The number of aryl methyl sites for hydroxylation is 1.